The monoisotopic (exact) mass is 247 g/mol. The first kappa shape index (κ1) is 11.3. The number of rotatable bonds is 3. The van der Waals surface area contributed by atoms with Crippen LogP contribution in [0, 0.1) is 6.07 Å². The quantitative estimate of drug-likeness (QED) is 0.772. The summed E-state index contributed by atoms with van der Waals surface area (Å²) in [4.78, 5) is 12.9. The molecule has 0 fully saturated rings. The molecule has 4 heteroatoms. The maximum Gasteiger partial charge on any atom is 0.140 e. The molecule has 4 nitrogen and oxygen atoms in total. The van der Waals surface area contributed by atoms with Crippen molar-refractivity contribution < 1.29 is 0 Å². The lowest BCUT2D eigenvalue weighted by molar-refractivity contribution is 1.22. The van der Waals surface area contributed by atoms with E-state index in [-0.39, 0.29) is 0 Å². The zero-order valence-electron chi connectivity index (χ0n) is 10.1. The molecule has 0 unspecified atom stereocenters. The van der Waals surface area contributed by atoms with Gasteiger partial charge in [0.2, 0.25) is 0 Å². The molecule has 0 atom stereocenters. The number of aromatic nitrogens is 3. The summed E-state index contributed by atoms with van der Waals surface area (Å²) in [5.74, 6) is 1.37. The van der Waals surface area contributed by atoms with E-state index in [1.54, 1.807) is 12.4 Å². The van der Waals surface area contributed by atoms with Gasteiger partial charge in [-0.05, 0) is 36.4 Å². The van der Waals surface area contributed by atoms with Crippen LogP contribution in [0.4, 0.5) is 11.6 Å². The first-order valence-corrected chi connectivity index (χ1v) is 5.90. The van der Waals surface area contributed by atoms with Crippen molar-refractivity contribution in [1.82, 2.24) is 15.0 Å². The van der Waals surface area contributed by atoms with Gasteiger partial charge in [-0.25, -0.2) is 9.97 Å². The fraction of sp³-hybridized carbons (Fsp3) is 0. The van der Waals surface area contributed by atoms with Gasteiger partial charge in [0.15, 0.2) is 0 Å². The first-order valence-electron chi connectivity index (χ1n) is 5.90. The molecule has 3 aromatic rings. The van der Waals surface area contributed by atoms with Crippen molar-refractivity contribution in [3.8, 4) is 11.4 Å². The Labute approximate surface area is 111 Å². The highest BCUT2D eigenvalue weighted by atomic mass is 15.1. The van der Waals surface area contributed by atoms with E-state index < -0.39 is 0 Å². The molecule has 0 saturated heterocycles. The molecule has 19 heavy (non-hydrogen) atoms. The molecule has 3 aromatic heterocycles. The second-order valence-electron chi connectivity index (χ2n) is 3.88. The average molecular weight is 247 g/mol. The fourth-order valence-corrected chi connectivity index (χ4v) is 1.67. The van der Waals surface area contributed by atoms with Gasteiger partial charge in [-0.3, -0.25) is 4.98 Å². The van der Waals surface area contributed by atoms with Crippen LogP contribution in [0.15, 0.2) is 60.9 Å². The van der Waals surface area contributed by atoms with E-state index in [0.29, 0.717) is 5.82 Å². The Kier molecular flexibility index (Phi) is 3.14. The van der Waals surface area contributed by atoms with Crippen LogP contribution >= 0.6 is 0 Å². The van der Waals surface area contributed by atoms with Crippen LogP contribution in [0.25, 0.3) is 11.4 Å². The van der Waals surface area contributed by atoms with Crippen LogP contribution in [0.1, 0.15) is 0 Å². The van der Waals surface area contributed by atoms with Gasteiger partial charge in [-0.15, -0.1) is 0 Å². The van der Waals surface area contributed by atoms with Gasteiger partial charge in [-0.2, -0.15) is 0 Å². The molecule has 0 bridgehead atoms. The number of hydrogen-bond donors (Lipinski definition) is 1. The Morgan fingerprint density at radius 3 is 2.42 bits per heavy atom. The largest absolute Gasteiger partial charge is 0.324 e. The van der Waals surface area contributed by atoms with Crippen LogP contribution < -0.4 is 5.32 Å². The van der Waals surface area contributed by atoms with Crippen molar-refractivity contribution in [2.75, 3.05) is 5.32 Å². The van der Waals surface area contributed by atoms with Gasteiger partial charge >= 0.3 is 0 Å². The maximum atomic E-state index is 4.47. The lowest BCUT2D eigenvalue weighted by atomic mass is 10.2. The smallest absolute Gasteiger partial charge is 0.140 e. The molecule has 0 amide bonds. The summed E-state index contributed by atoms with van der Waals surface area (Å²) in [6, 6.07) is 18.1. The van der Waals surface area contributed by atoms with Crippen LogP contribution in [0.2, 0.25) is 0 Å². The van der Waals surface area contributed by atoms with Gasteiger partial charge in [0.05, 0.1) is 11.4 Å². The van der Waals surface area contributed by atoms with Gasteiger partial charge in [0.25, 0.3) is 0 Å². The van der Waals surface area contributed by atoms with E-state index in [1.807, 2.05) is 48.5 Å². The molecule has 1 N–H and O–H groups in total. The minimum atomic E-state index is 0.627. The molecule has 3 rings (SSSR count). The number of anilines is 2. The van der Waals surface area contributed by atoms with Crippen LogP contribution in [-0.2, 0) is 0 Å². The zero-order valence-corrected chi connectivity index (χ0v) is 10.1. The molecular formula is C15H11N4. The molecule has 0 aliphatic heterocycles. The predicted molar refractivity (Wildman–Crippen MR) is 73.8 cm³/mol. The second-order valence-corrected chi connectivity index (χ2v) is 3.88. The van der Waals surface area contributed by atoms with Crippen molar-refractivity contribution in [2.24, 2.45) is 0 Å². The van der Waals surface area contributed by atoms with Crippen molar-refractivity contribution in [1.29, 1.82) is 0 Å². The summed E-state index contributed by atoms with van der Waals surface area (Å²) in [5, 5.41) is 3.11. The second kappa shape index (κ2) is 5.27. The van der Waals surface area contributed by atoms with E-state index in [2.05, 4.69) is 26.3 Å². The Balaban J connectivity index is 1.89. The summed E-state index contributed by atoms with van der Waals surface area (Å²) in [5.41, 5.74) is 1.64. The Morgan fingerprint density at radius 1 is 0.842 bits per heavy atom. The summed E-state index contributed by atoms with van der Waals surface area (Å²) in [6.07, 6.45) is 3.48. The minimum absolute atomic E-state index is 0.627. The minimum Gasteiger partial charge on any atom is -0.324 e. The molecule has 0 aliphatic carbocycles. The number of hydrogen-bond acceptors (Lipinski definition) is 4. The highest BCUT2D eigenvalue weighted by Gasteiger charge is 2.02. The van der Waals surface area contributed by atoms with E-state index in [1.165, 1.54) is 0 Å². The van der Waals surface area contributed by atoms with Crippen LogP contribution in [0.5, 0.6) is 0 Å². The van der Waals surface area contributed by atoms with E-state index in [9.17, 15) is 0 Å². The molecule has 0 spiro atoms. The Hall–Kier alpha value is -2.75. The van der Waals surface area contributed by atoms with Gasteiger partial charge in [0, 0.05) is 18.5 Å². The van der Waals surface area contributed by atoms with Crippen LogP contribution in [-0.4, -0.2) is 15.0 Å². The first-order chi connectivity index (χ1) is 9.42. The van der Waals surface area contributed by atoms with Crippen molar-refractivity contribution in [2.45, 2.75) is 0 Å². The molecule has 0 aliphatic rings. The maximum absolute atomic E-state index is 4.47. The Bertz CT molecular complexity index is 653. The third kappa shape index (κ3) is 2.74. The average Bonchev–Trinajstić information content (AvgIpc) is 2.49. The molecular weight excluding hydrogens is 236 g/mol. The molecule has 0 saturated carbocycles. The van der Waals surface area contributed by atoms with E-state index in [4.69, 9.17) is 0 Å². The lowest BCUT2D eigenvalue weighted by Crippen LogP contribution is -1.97. The molecule has 0 aromatic carbocycles. The highest BCUT2D eigenvalue weighted by Crippen LogP contribution is 2.17. The molecule has 1 radical (unpaired) electrons. The standard InChI is InChI=1S/C15H11N4/c1-3-10-16-12(6-1)13-7-5-9-15(18-13)19-14-8-2-4-11-17-14/h1-8,10-11H,(H,17,18,19). The number of pyridine rings is 3. The third-order valence-corrected chi connectivity index (χ3v) is 2.53. The lowest BCUT2D eigenvalue weighted by Gasteiger charge is -2.05. The summed E-state index contributed by atoms with van der Waals surface area (Å²) >= 11 is 0. The SMILES string of the molecule is [c]1ccc(-c2ccccn2)nc1Nc1ccccn1. The van der Waals surface area contributed by atoms with Crippen molar-refractivity contribution in [3.63, 3.8) is 0 Å². The van der Waals surface area contributed by atoms with Crippen molar-refractivity contribution >= 4 is 11.6 Å². The highest BCUT2D eigenvalue weighted by molar-refractivity contribution is 5.59. The van der Waals surface area contributed by atoms with Crippen LogP contribution in [0.3, 0.4) is 0 Å². The van der Waals surface area contributed by atoms with E-state index in [0.717, 1.165) is 17.2 Å². The summed E-state index contributed by atoms with van der Waals surface area (Å²) in [7, 11) is 0. The predicted octanol–water partition coefficient (Wildman–Crippen LogP) is 3.08. The zero-order chi connectivity index (χ0) is 12.9. The Morgan fingerprint density at radius 2 is 1.68 bits per heavy atom. The molecule has 3 heterocycles. The summed E-state index contributed by atoms with van der Waals surface area (Å²) < 4.78 is 0. The molecule has 91 valence electrons. The van der Waals surface area contributed by atoms with Crippen molar-refractivity contribution in [3.05, 3.63) is 67.0 Å². The topological polar surface area (TPSA) is 50.7 Å². The third-order valence-electron chi connectivity index (χ3n) is 2.53. The van der Waals surface area contributed by atoms with Gasteiger partial charge in [-0.1, -0.05) is 12.1 Å². The van der Waals surface area contributed by atoms with Gasteiger partial charge < -0.3 is 5.32 Å². The number of nitrogens with one attached hydrogen (secondary N) is 1. The summed E-state index contributed by atoms with van der Waals surface area (Å²) in [6.45, 7) is 0. The van der Waals surface area contributed by atoms with E-state index >= 15 is 0 Å². The number of nitrogens with zero attached hydrogens (tertiary/aromatic N) is 3. The normalized spacial score (nSPS) is 10.1. The van der Waals surface area contributed by atoms with Gasteiger partial charge in [0.1, 0.15) is 11.6 Å². The fourth-order valence-electron chi connectivity index (χ4n) is 1.67.